The lowest BCUT2D eigenvalue weighted by Gasteiger charge is -2.20. The Balaban J connectivity index is 2.10. The standard InChI is InChI=1S/C14H17N5O/c1-19(9-7-10-4-2-3-8-17-10)14-11(15)5-6-12(18-14)13(16)20/h2-6,8H,7,9,15H2,1H3,(H2,16,20). The highest BCUT2D eigenvalue weighted by Gasteiger charge is 2.11. The molecule has 2 aromatic heterocycles. The third kappa shape index (κ3) is 3.23. The molecule has 20 heavy (non-hydrogen) atoms. The van der Waals surface area contributed by atoms with Crippen molar-refractivity contribution in [3.63, 3.8) is 0 Å². The van der Waals surface area contributed by atoms with Crippen LogP contribution in [0, 0.1) is 0 Å². The second kappa shape index (κ2) is 6.01. The number of nitrogens with zero attached hydrogens (tertiary/aromatic N) is 3. The number of nitrogen functional groups attached to an aromatic ring is 1. The predicted octanol–water partition coefficient (Wildman–Crippen LogP) is 0.837. The van der Waals surface area contributed by atoms with Crippen LogP contribution in [0.4, 0.5) is 11.5 Å². The Morgan fingerprint density at radius 2 is 2.10 bits per heavy atom. The molecule has 104 valence electrons. The van der Waals surface area contributed by atoms with Gasteiger partial charge in [0.1, 0.15) is 5.69 Å². The van der Waals surface area contributed by atoms with Crippen molar-refractivity contribution < 1.29 is 4.79 Å². The zero-order valence-electron chi connectivity index (χ0n) is 11.3. The molecule has 0 saturated carbocycles. The van der Waals surface area contributed by atoms with E-state index in [0.29, 0.717) is 18.1 Å². The molecule has 1 amide bonds. The number of carbonyl (C=O) groups is 1. The van der Waals surface area contributed by atoms with E-state index in [2.05, 4.69) is 9.97 Å². The first-order chi connectivity index (χ1) is 9.58. The highest BCUT2D eigenvalue weighted by atomic mass is 16.1. The van der Waals surface area contributed by atoms with Crippen molar-refractivity contribution in [3.05, 3.63) is 47.9 Å². The number of carbonyl (C=O) groups excluding carboxylic acids is 1. The van der Waals surface area contributed by atoms with E-state index < -0.39 is 5.91 Å². The van der Waals surface area contributed by atoms with E-state index in [4.69, 9.17) is 11.5 Å². The van der Waals surface area contributed by atoms with Gasteiger partial charge in [-0.15, -0.1) is 0 Å². The van der Waals surface area contributed by atoms with Gasteiger partial charge in [-0.05, 0) is 24.3 Å². The van der Waals surface area contributed by atoms with Crippen molar-refractivity contribution in [3.8, 4) is 0 Å². The zero-order valence-corrected chi connectivity index (χ0v) is 11.3. The Bertz CT molecular complexity index is 600. The first-order valence-electron chi connectivity index (χ1n) is 6.25. The molecule has 4 N–H and O–H groups in total. The number of amides is 1. The van der Waals surface area contributed by atoms with E-state index in [0.717, 1.165) is 12.1 Å². The zero-order chi connectivity index (χ0) is 14.5. The minimum absolute atomic E-state index is 0.207. The largest absolute Gasteiger partial charge is 0.396 e. The number of hydrogen-bond donors (Lipinski definition) is 2. The second-order valence-corrected chi connectivity index (χ2v) is 4.47. The number of aromatic nitrogens is 2. The highest BCUT2D eigenvalue weighted by Crippen LogP contribution is 2.19. The molecule has 0 saturated heterocycles. The van der Waals surface area contributed by atoms with Gasteiger partial charge in [-0.25, -0.2) is 4.98 Å². The molecule has 0 atom stereocenters. The minimum atomic E-state index is -0.565. The van der Waals surface area contributed by atoms with E-state index in [9.17, 15) is 4.79 Å². The quantitative estimate of drug-likeness (QED) is 0.839. The van der Waals surface area contributed by atoms with Gasteiger partial charge in [-0.2, -0.15) is 0 Å². The molecule has 0 bridgehead atoms. The monoisotopic (exact) mass is 271 g/mol. The van der Waals surface area contributed by atoms with E-state index in [1.54, 1.807) is 12.3 Å². The van der Waals surface area contributed by atoms with Gasteiger partial charge in [0.25, 0.3) is 5.91 Å². The van der Waals surface area contributed by atoms with Crippen molar-refractivity contribution in [2.45, 2.75) is 6.42 Å². The third-order valence-corrected chi connectivity index (χ3v) is 2.95. The number of hydrogen-bond acceptors (Lipinski definition) is 5. The van der Waals surface area contributed by atoms with Crippen molar-refractivity contribution >= 4 is 17.4 Å². The Labute approximate surface area is 117 Å². The van der Waals surface area contributed by atoms with Crippen molar-refractivity contribution in [1.29, 1.82) is 0 Å². The van der Waals surface area contributed by atoms with Crippen LogP contribution in [0.5, 0.6) is 0 Å². The van der Waals surface area contributed by atoms with Crippen molar-refractivity contribution in [2.24, 2.45) is 5.73 Å². The molecule has 0 radical (unpaired) electrons. The summed E-state index contributed by atoms with van der Waals surface area (Å²) in [5.41, 5.74) is 12.8. The van der Waals surface area contributed by atoms with Crippen LogP contribution in [0.3, 0.4) is 0 Å². The van der Waals surface area contributed by atoms with E-state index in [1.807, 2.05) is 30.1 Å². The van der Waals surface area contributed by atoms with Crippen LogP contribution in [0.1, 0.15) is 16.2 Å². The number of likely N-dealkylation sites (N-methyl/N-ethyl adjacent to an activating group) is 1. The lowest BCUT2D eigenvalue weighted by molar-refractivity contribution is 0.0995. The van der Waals surface area contributed by atoms with Gasteiger partial charge in [0, 0.05) is 31.9 Å². The summed E-state index contributed by atoms with van der Waals surface area (Å²) in [4.78, 5) is 21.5. The second-order valence-electron chi connectivity index (χ2n) is 4.47. The Kier molecular flexibility index (Phi) is 4.14. The summed E-state index contributed by atoms with van der Waals surface area (Å²) < 4.78 is 0. The minimum Gasteiger partial charge on any atom is -0.396 e. The van der Waals surface area contributed by atoms with Gasteiger partial charge in [0.2, 0.25) is 0 Å². The van der Waals surface area contributed by atoms with Gasteiger partial charge in [-0.3, -0.25) is 9.78 Å². The molecule has 6 heteroatoms. The maximum Gasteiger partial charge on any atom is 0.267 e. The van der Waals surface area contributed by atoms with Crippen LogP contribution in [0.2, 0.25) is 0 Å². The number of pyridine rings is 2. The van der Waals surface area contributed by atoms with Crippen LogP contribution in [0.15, 0.2) is 36.5 Å². The third-order valence-electron chi connectivity index (χ3n) is 2.95. The summed E-state index contributed by atoms with van der Waals surface area (Å²) in [5.74, 6) is -0.0124. The van der Waals surface area contributed by atoms with Gasteiger partial charge in [-0.1, -0.05) is 6.07 Å². The lowest BCUT2D eigenvalue weighted by Crippen LogP contribution is -2.24. The normalized spacial score (nSPS) is 10.2. The van der Waals surface area contributed by atoms with E-state index in [-0.39, 0.29) is 5.69 Å². The van der Waals surface area contributed by atoms with Gasteiger partial charge >= 0.3 is 0 Å². The maximum atomic E-state index is 11.2. The van der Waals surface area contributed by atoms with Crippen molar-refractivity contribution in [1.82, 2.24) is 9.97 Å². The molecule has 0 aliphatic heterocycles. The van der Waals surface area contributed by atoms with Gasteiger partial charge < -0.3 is 16.4 Å². The van der Waals surface area contributed by atoms with Gasteiger partial charge in [0.15, 0.2) is 5.82 Å². The molecule has 6 nitrogen and oxygen atoms in total. The fourth-order valence-corrected chi connectivity index (χ4v) is 1.84. The summed E-state index contributed by atoms with van der Waals surface area (Å²) in [6, 6.07) is 8.95. The van der Waals surface area contributed by atoms with Crippen LogP contribution in [-0.4, -0.2) is 29.5 Å². The molecule has 2 heterocycles. The first-order valence-corrected chi connectivity index (χ1v) is 6.25. The fraction of sp³-hybridized carbons (Fsp3) is 0.214. The number of rotatable bonds is 5. The number of nitrogens with two attached hydrogens (primary N) is 2. The molecular formula is C14H17N5O. The molecule has 0 fully saturated rings. The molecule has 2 rings (SSSR count). The highest BCUT2D eigenvalue weighted by molar-refractivity contribution is 5.91. The number of anilines is 2. The predicted molar refractivity (Wildman–Crippen MR) is 78.4 cm³/mol. The Morgan fingerprint density at radius 3 is 2.75 bits per heavy atom. The summed E-state index contributed by atoms with van der Waals surface area (Å²) in [6.07, 6.45) is 2.52. The fourth-order valence-electron chi connectivity index (χ4n) is 1.84. The summed E-state index contributed by atoms with van der Waals surface area (Å²) >= 11 is 0. The Morgan fingerprint density at radius 1 is 1.30 bits per heavy atom. The average molecular weight is 271 g/mol. The summed E-state index contributed by atoms with van der Waals surface area (Å²) in [5, 5.41) is 0. The van der Waals surface area contributed by atoms with Crippen LogP contribution >= 0.6 is 0 Å². The topological polar surface area (TPSA) is 98.1 Å². The number of primary amides is 1. The molecule has 0 unspecified atom stereocenters. The summed E-state index contributed by atoms with van der Waals surface area (Å²) in [7, 11) is 1.87. The Hall–Kier alpha value is -2.63. The maximum absolute atomic E-state index is 11.2. The molecular weight excluding hydrogens is 254 g/mol. The van der Waals surface area contributed by atoms with Crippen LogP contribution in [0.25, 0.3) is 0 Å². The van der Waals surface area contributed by atoms with E-state index >= 15 is 0 Å². The van der Waals surface area contributed by atoms with Crippen molar-refractivity contribution in [2.75, 3.05) is 24.2 Å². The molecule has 0 aromatic carbocycles. The molecule has 2 aromatic rings. The SMILES string of the molecule is CN(CCc1ccccn1)c1nc(C(N)=O)ccc1N. The molecule has 0 aliphatic carbocycles. The van der Waals surface area contributed by atoms with Crippen LogP contribution in [-0.2, 0) is 6.42 Å². The smallest absolute Gasteiger partial charge is 0.267 e. The van der Waals surface area contributed by atoms with E-state index in [1.165, 1.54) is 6.07 Å². The van der Waals surface area contributed by atoms with Crippen LogP contribution < -0.4 is 16.4 Å². The average Bonchev–Trinajstić information content (AvgIpc) is 2.46. The molecule has 0 spiro atoms. The summed E-state index contributed by atoms with van der Waals surface area (Å²) in [6.45, 7) is 0.691. The molecule has 0 aliphatic rings. The lowest BCUT2D eigenvalue weighted by atomic mass is 10.2. The first kappa shape index (κ1) is 13.8. The van der Waals surface area contributed by atoms with Gasteiger partial charge in [0.05, 0.1) is 5.69 Å².